The molecule has 6 heteroatoms. The van der Waals surface area contributed by atoms with Crippen LogP contribution in [0.2, 0.25) is 0 Å². The predicted octanol–water partition coefficient (Wildman–Crippen LogP) is 9.88. The Balaban J connectivity index is 1.90. The molecule has 0 bridgehead atoms. The van der Waals surface area contributed by atoms with Gasteiger partial charge in [-0.05, 0) is 51.4 Å². The lowest BCUT2D eigenvalue weighted by Gasteiger charge is -2.12. The van der Waals surface area contributed by atoms with Crippen molar-refractivity contribution in [3.05, 3.63) is 36.5 Å². The van der Waals surface area contributed by atoms with Crippen LogP contribution in [0.3, 0.4) is 0 Å². The minimum atomic E-state index is -0.991. The fraction of sp³-hybridized carbons (Fsp3) is 0.789. The fourth-order valence-electron chi connectivity index (χ4n) is 5.17. The van der Waals surface area contributed by atoms with E-state index in [1.165, 1.54) is 83.5 Å². The van der Waals surface area contributed by atoms with Crippen molar-refractivity contribution in [1.29, 1.82) is 0 Å². The van der Waals surface area contributed by atoms with Gasteiger partial charge in [-0.3, -0.25) is 9.59 Å². The van der Waals surface area contributed by atoms with E-state index in [4.69, 9.17) is 14.2 Å². The molecule has 44 heavy (non-hydrogen) atoms. The maximum Gasteiger partial charge on any atom is 0.305 e. The second kappa shape index (κ2) is 29.8. The average Bonchev–Trinajstić information content (AvgIpc) is 3.77. The molecule has 0 amide bonds. The van der Waals surface area contributed by atoms with Gasteiger partial charge < -0.3 is 19.3 Å². The maximum atomic E-state index is 12.0. The molecule has 0 saturated carbocycles. The van der Waals surface area contributed by atoms with E-state index >= 15 is 0 Å². The summed E-state index contributed by atoms with van der Waals surface area (Å²) in [5.41, 5.74) is 0. The zero-order valence-corrected chi connectivity index (χ0v) is 28.4. The van der Waals surface area contributed by atoms with E-state index in [-0.39, 0.29) is 37.4 Å². The summed E-state index contributed by atoms with van der Waals surface area (Å²) in [5.74, 6) is -0.639. The molecule has 0 radical (unpaired) electrons. The lowest BCUT2D eigenvalue weighted by Crippen LogP contribution is -2.25. The highest BCUT2D eigenvalue weighted by molar-refractivity contribution is 5.69. The molecule has 1 rings (SSSR count). The van der Waals surface area contributed by atoms with E-state index in [2.05, 4.69) is 50.3 Å². The quantitative estimate of drug-likeness (QED) is 0.0360. The molecule has 3 atom stereocenters. The van der Waals surface area contributed by atoms with E-state index in [1.54, 1.807) is 0 Å². The van der Waals surface area contributed by atoms with Gasteiger partial charge in [0.2, 0.25) is 0 Å². The number of aliphatic hydroxyl groups is 1. The molecule has 0 spiro atoms. The smallest absolute Gasteiger partial charge is 0.305 e. The van der Waals surface area contributed by atoms with Gasteiger partial charge in [0.05, 0.1) is 12.2 Å². The number of carbonyl (C=O) groups excluding carboxylic acids is 2. The summed E-state index contributed by atoms with van der Waals surface area (Å²) in [5, 5.41) is 10.0. The highest BCUT2D eigenvalue weighted by Gasteiger charge is 2.36. The highest BCUT2D eigenvalue weighted by atomic mass is 16.6. The first-order valence-corrected chi connectivity index (χ1v) is 18.2. The van der Waals surface area contributed by atoms with Gasteiger partial charge in [-0.1, -0.05) is 134 Å². The van der Waals surface area contributed by atoms with Crippen molar-refractivity contribution in [3.63, 3.8) is 0 Å². The molecule has 1 fully saturated rings. The van der Waals surface area contributed by atoms with Gasteiger partial charge in [-0.2, -0.15) is 0 Å². The highest BCUT2D eigenvalue weighted by Crippen LogP contribution is 2.30. The molecule has 2 unspecified atom stereocenters. The van der Waals surface area contributed by atoms with Crippen LogP contribution in [0.1, 0.15) is 162 Å². The van der Waals surface area contributed by atoms with Gasteiger partial charge in [-0.25, -0.2) is 0 Å². The number of esters is 2. The van der Waals surface area contributed by atoms with Gasteiger partial charge in [-0.15, -0.1) is 0 Å². The fourth-order valence-corrected chi connectivity index (χ4v) is 5.17. The van der Waals surface area contributed by atoms with Crippen LogP contribution in [0, 0.1) is 0 Å². The van der Waals surface area contributed by atoms with Crippen LogP contribution in [-0.2, 0) is 23.8 Å². The molecule has 254 valence electrons. The molecule has 0 aromatic rings. The third-order valence-corrected chi connectivity index (χ3v) is 8.05. The second-order valence-corrected chi connectivity index (χ2v) is 12.4. The first kappa shape index (κ1) is 40.1. The van der Waals surface area contributed by atoms with Crippen molar-refractivity contribution in [2.24, 2.45) is 0 Å². The normalized spacial score (nSPS) is 17.2. The van der Waals surface area contributed by atoms with Crippen molar-refractivity contribution < 1.29 is 28.9 Å². The van der Waals surface area contributed by atoms with Crippen molar-refractivity contribution in [2.45, 2.75) is 180 Å². The van der Waals surface area contributed by atoms with E-state index in [9.17, 15) is 14.7 Å². The van der Waals surface area contributed by atoms with E-state index in [0.717, 1.165) is 44.9 Å². The van der Waals surface area contributed by atoms with Crippen LogP contribution in [0.4, 0.5) is 0 Å². The molecule has 0 aromatic heterocycles. The Bertz CT molecular complexity index is 773. The van der Waals surface area contributed by atoms with Crippen LogP contribution in [0.15, 0.2) is 36.5 Å². The molecule has 0 aromatic carbocycles. The third-order valence-electron chi connectivity index (χ3n) is 8.05. The molecule has 1 aliphatic rings. The number of ether oxygens (including phenoxy) is 3. The zero-order valence-electron chi connectivity index (χ0n) is 28.4. The van der Waals surface area contributed by atoms with Crippen LogP contribution >= 0.6 is 0 Å². The largest absolute Gasteiger partial charge is 0.463 e. The summed E-state index contributed by atoms with van der Waals surface area (Å²) in [6.45, 7) is 4.19. The van der Waals surface area contributed by atoms with Gasteiger partial charge in [0.1, 0.15) is 19.3 Å². The molecule has 6 nitrogen and oxygen atoms in total. The van der Waals surface area contributed by atoms with Crippen LogP contribution < -0.4 is 0 Å². The summed E-state index contributed by atoms with van der Waals surface area (Å²) in [6.07, 6.45) is 37.9. The Kier molecular flexibility index (Phi) is 27.1. The number of allylic oxidation sites excluding steroid dienone is 5. The molecular formula is C38H66O6. The molecule has 1 aliphatic heterocycles. The average molecular weight is 619 g/mol. The van der Waals surface area contributed by atoms with Gasteiger partial charge in [0.25, 0.3) is 0 Å². The predicted molar refractivity (Wildman–Crippen MR) is 182 cm³/mol. The number of hydrogen-bond donors (Lipinski definition) is 1. The number of rotatable bonds is 31. The molecule has 1 saturated heterocycles. The summed E-state index contributed by atoms with van der Waals surface area (Å²) in [6, 6.07) is 0. The number of hydrogen-bond acceptors (Lipinski definition) is 6. The van der Waals surface area contributed by atoms with E-state index in [0.29, 0.717) is 19.3 Å². The standard InChI is InChI=1S/C38H66O6/c1-3-5-7-9-11-13-15-17-19-21-23-25-28-35-36(44-35)29-27-31-38(41)43-33-34(39)32-42-37(40)30-26-24-22-20-18-16-14-12-10-8-6-4-2/h11,13,17,19,23,25,34-36,39H,3-10,12,14-16,18,20-22,24,26-33H2,1-2H3/b13-11-,19-17-,25-23-/t34-,35?,36?/m0/s1. The minimum absolute atomic E-state index is 0.137. The second-order valence-electron chi connectivity index (χ2n) is 12.4. The van der Waals surface area contributed by atoms with Gasteiger partial charge >= 0.3 is 11.9 Å². The Morgan fingerprint density at radius 1 is 0.614 bits per heavy atom. The maximum absolute atomic E-state index is 12.0. The number of epoxide rings is 1. The Morgan fingerprint density at radius 3 is 1.68 bits per heavy atom. The summed E-state index contributed by atoms with van der Waals surface area (Å²) >= 11 is 0. The number of unbranched alkanes of at least 4 members (excludes halogenated alkanes) is 14. The van der Waals surface area contributed by atoms with Crippen LogP contribution in [0.25, 0.3) is 0 Å². The number of aliphatic hydroxyl groups excluding tert-OH is 1. The monoisotopic (exact) mass is 618 g/mol. The lowest BCUT2D eigenvalue weighted by molar-refractivity contribution is -0.152. The first-order valence-electron chi connectivity index (χ1n) is 18.2. The van der Waals surface area contributed by atoms with Crippen molar-refractivity contribution >= 4 is 11.9 Å². The minimum Gasteiger partial charge on any atom is -0.463 e. The Hall–Kier alpha value is -1.92. The van der Waals surface area contributed by atoms with Gasteiger partial charge in [0.15, 0.2) is 0 Å². The first-order chi connectivity index (χ1) is 21.6. The van der Waals surface area contributed by atoms with E-state index < -0.39 is 6.10 Å². The molecule has 0 aliphatic carbocycles. The zero-order chi connectivity index (χ0) is 31.9. The van der Waals surface area contributed by atoms with Crippen LogP contribution in [-0.4, -0.2) is 48.6 Å². The Morgan fingerprint density at radius 2 is 1.09 bits per heavy atom. The molecule has 1 heterocycles. The van der Waals surface area contributed by atoms with Crippen molar-refractivity contribution in [3.8, 4) is 0 Å². The number of carbonyl (C=O) groups is 2. The van der Waals surface area contributed by atoms with Crippen LogP contribution in [0.5, 0.6) is 0 Å². The third kappa shape index (κ3) is 26.5. The lowest BCUT2D eigenvalue weighted by atomic mass is 10.0. The SMILES string of the molecule is CCCCC/C=C\C/C=C\C/C=C\CC1OC1CCCC(=O)OC[C@@H](O)COC(=O)CCCCCCCCCCCCCC. The Labute approximate surface area is 270 Å². The summed E-state index contributed by atoms with van der Waals surface area (Å²) < 4.78 is 16.0. The summed E-state index contributed by atoms with van der Waals surface area (Å²) in [4.78, 5) is 23.9. The van der Waals surface area contributed by atoms with Gasteiger partial charge in [0, 0.05) is 12.8 Å². The molecular weight excluding hydrogens is 552 g/mol. The van der Waals surface area contributed by atoms with E-state index in [1.807, 2.05) is 0 Å². The topological polar surface area (TPSA) is 85.4 Å². The summed E-state index contributed by atoms with van der Waals surface area (Å²) in [7, 11) is 0. The van der Waals surface area contributed by atoms with Crippen molar-refractivity contribution in [2.75, 3.05) is 13.2 Å². The molecule has 1 N–H and O–H groups in total. The van der Waals surface area contributed by atoms with Crippen molar-refractivity contribution in [1.82, 2.24) is 0 Å².